The van der Waals surface area contributed by atoms with Gasteiger partial charge in [-0.25, -0.2) is 23.2 Å². The normalized spacial score (nSPS) is 21.9. The lowest BCUT2D eigenvalue weighted by molar-refractivity contribution is -2.00. The Morgan fingerprint density at radius 2 is 1.12 bits per heavy atom. The predicted molar refractivity (Wildman–Crippen MR) is 51.9 cm³/mol. The third kappa shape index (κ3) is 7.68. The van der Waals surface area contributed by atoms with Gasteiger partial charge in [-0.15, -0.1) is 10.2 Å². The first-order chi connectivity index (χ1) is 7.97. The van der Waals surface area contributed by atoms with Crippen molar-refractivity contribution in [2.75, 3.05) is 13.1 Å². The van der Waals surface area contributed by atoms with Crippen molar-refractivity contribution in [1.29, 1.82) is 0 Å². The van der Waals surface area contributed by atoms with Gasteiger partial charge >= 0.3 is 0 Å². The van der Waals surface area contributed by atoms with Crippen molar-refractivity contribution in [3.05, 3.63) is 0 Å². The van der Waals surface area contributed by atoms with E-state index < -0.39 is 10.2 Å². The van der Waals surface area contributed by atoms with Crippen LogP contribution in [0.3, 0.4) is 0 Å². The molecule has 0 atom stereocenters. The molecule has 0 aromatic carbocycles. The van der Waals surface area contributed by atoms with Crippen molar-refractivity contribution in [2.45, 2.75) is 51.4 Å². The minimum Gasteiger partial charge on any atom is -0.237 e. The van der Waals surface area contributed by atoms with E-state index in [0.29, 0.717) is 0 Å². The number of rotatable bonds is 0. The Hall–Kier alpha value is -0.200. The third-order valence-corrected chi connectivity index (χ3v) is 3.23. The Bertz CT molecular complexity index is 239. The van der Waals surface area contributed by atoms with E-state index in [1.54, 1.807) is 5.71 Å². The summed E-state index contributed by atoms with van der Waals surface area (Å²) in [5, 5.41) is 0. The average Bonchev–Trinajstić information content (AvgIpc) is 2.59. The van der Waals surface area contributed by atoms with Gasteiger partial charge in [0.1, 0.15) is 13.1 Å². The molecule has 0 aromatic rings. The average molecular weight is 266 g/mol. The predicted octanol–water partition coefficient (Wildman–Crippen LogP) is -2.17. The molecule has 1 heterocycles. The van der Waals surface area contributed by atoms with Crippen molar-refractivity contribution >= 4 is 5.71 Å². The summed E-state index contributed by atoms with van der Waals surface area (Å²) in [5.41, 5.74) is 1.78. The van der Waals surface area contributed by atoms with Gasteiger partial charge in [-0.2, -0.15) is 0 Å². The van der Waals surface area contributed by atoms with Gasteiger partial charge in [0.15, 0.2) is 5.71 Å². The van der Waals surface area contributed by atoms with Crippen LogP contribution in [0.25, 0.3) is 0 Å². The second-order valence-corrected chi connectivity index (χ2v) is 5.31. The van der Waals surface area contributed by atoms with E-state index in [0.717, 1.165) is 0 Å². The molecule has 0 bridgehead atoms. The van der Waals surface area contributed by atoms with Crippen molar-refractivity contribution in [3.63, 3.8) is 0 Å². The van der Waals surface area contributed by atoms with Crippen LogP contribution in [0, 0.1) is 10.2 Å². The standard InChI is InChI=1S/C11H20N.ClHO4/c1-2-4-8-11(7-3-1)12-9-5-6-10-12;2-1(3,4)5/h1-10H2;(H,2,3,4,5)/q+1;/p-1. The highest BCUT2D eigenvalue weighted by Crippen LogP contribution is 2.16. The maximum atomic E-state index is 8.49. The van der Waals surface area contributed by atoms with Crippen LogP contribution in [0.4, 0.5) is 0 Å². The lowest BCUT2D eigenvalue weighted by Gasteiger charge is -2.17. The van der Waals surface area contributed by atoms with Gasteiger partial charge in [-0.3, -0.25) is 0 Å². The Morgan fingerprint density at radius 3 is 1.53 bits per heavy atom. The highest BCUT2D eigenvalue weighted by molar-refractivity contribution is 5.79. The summed E-state index contributed by atoms with van der Waals surface area (Å²) in [6.07, 6.45) is 11.5. The lowest BCUT2D eigenvalue weighted by Crippen LogP contribution is -2.68. The first kappa shape index (κ1) is 14.9. The zero-order valence-electron chi connectivity index (χ0n) is 10.0. The van der Waals surface area contributed by atoms with E-state index in [2.05, 4.69) is 4.58 Å². The SMILES string of the molecule is C1CCCC(=[N+]2CCCC2)CC1.[O-][Cl+3]([O-])([O-])[O-]. The molecule has 0 radical (unpaired) electrons. The van der Waals surface area contributed by atoms with Gasteiger partial charge < -0.3 is 0 Å². The summed E-state index contributed by atoms with van der Waals surface area (Å²) < 4.78 is 36.6. The molecule has 2 rings (SSSR count). The van der Waals surface area contributed by atoms with E-state index in [9.17, 15) is 0 Å². The van der Waals surface area contributed by atoms with Gasteiger partial charge in [-0.05, 0) is 12.8 Å². The maximum absolute atomic E-state index is 8.49. The summed E-state index contributed by atoms with van der Waals surface area (Å²) in [6, 6.07) is 0. The molecule has 1 saturated carbocycles. The fourth-order valence-corrected chi connectivity index (χ4v) is 2.49. The summed E-state index contributed by atoms with van der Waals surface area (Å²) in [7, 11) is -4.94. The fourth-order valence-electron chi connectivity index (χ4n) is 2.49. The van der Waals surface area contributed by atoms with Crippen molar-refractivity contribution in [1.82, 2.24) is 0 Å². The highest BCUT2D eigenvalue weighted by atomic mass is 35.7. The van der Waals surface area contributed by atoms with Crippen LogP contribution < -0.4 is 18.6 Å². The van der Waals surface area contributed by atoms with Crippen LogP contribution >= 0.6 is 0 Å². The van der Waals surface area contributed by atoms with Crippen molar-refractivity contribution < 1.29 is 33.5 Å². The van der Waals surface area contributed by atoms with Crippen LogP contribution in [0.5, 0.6) is 0 Å². The minimum absolute atomic E-state index is 1.36. The van der Waals surface area contributed by atoms with Gasteiger partial charge in [0.25, 0.3) is 0 Å². The fraction of sp³-hybridized carbons (Fsp3) is 0.909. The number of halogens is 1. The summed E-state index contributed by atoms with van der Waals surface area (Å²) in [4.78, 5) is 0. The second kappa shape index (κ2) is 7.28. The molecule has 0 amide bonds. The molecular weight excluding hydrogens is 246 g/mol. The second-order valence-electron chi connectivity index (χ2n) is 4.55. The van der Waals surface area contributed by atoms with Gasteiger partial charge in [0.2, 0.25) is 0 Å². The topological polar surface area (TPSA) is 95.2 Å². The molecule has 5 nitrogen and oxygen atoms in total. The summed E-state index contributed by atoms with van der Waals surface area (Å²) >= 11 is 0. The Kier molecular flexibility index (Phi) is 6.37. The molecule has 17 heavy (non-hydrogen) atoms. The molecule has 6 heteroatoms. The van der Waals surface area contributed by atoms with Crippen molar-refractivity contribution in [2.24, 2.45) is 0 Å². The van der Waals surface area contributed by atoms with Gasteiger partial charge in [0, 0.05) is 25.7 Å². The Morgan fingerprint density at radius 1 is 0.706 bits per heavy atom. The van der Waals surface area contributed by atoms with Gasteiger partial charge in [-0.1, -0.05) is 12.8 Å². The lowest BCUT2D eigenvalue weighted by atomic mass is 10.1. The molecule has 0 aromatic heterocycles. The molecule has 1 aliphatic carbocycles. The third-order valence-electron chi connectivity index (χ3n) is 3.23. The Labute approximate surface area is 104 Å². The molecule has 0 unspecified atom stereocenters. The monoisotopic (exact) mass is 265 g/mol. The molecule has 2 aliphatic rings. The first-order valence-electron chi connectivity index (χ1n) is 6.18. The minimum atomic E-state index is -4.94. The number of hydrogen-bond donors (Lipinski definition) is 0. The molecule has 1 saturated heterocycles. The smallest absolute Gasteiger partial charge is 0.152 e. The zero-order chi connectivity index (χ0) is 12.7. The molecule has 1 aliphatic heterocycles. The van der Waals surface area contributed by atoms with Gasteiger partial charge in [0.05, 0.1) is 0 Å². The van der Waals surface area contributed by atoms with E-state index in [4.69, 9.17) is 18.6 Å². The largest absolute Gasteiger partial charge is 0.237 e. The maximum Gasteiger partial charge on any atom is 0.152 e. The van der Waals surface area contributed by atoms with Crippen molar-refractivity contribution in [3.8, 4) is 0 Å². The quantitative estimate of drug-likeness (QED) is 0.368. The molecule has 100 valence electrons. The van der Waals surface area contributed by atoms with E-state index in [1.165, 1.54) is 64.5 Å². The van der Waals surface area contributed by atoms with E-state index in [-0.39, 0.29) is 0 Å². The van der Waals surface area contributed by atoms with E-state index >= 15 is 0 Å². The molecular formula is C11H20ClNO4. The van der Waals surface area contributed by atoms with Crippen LogP contribution in [0.1, 0.15) is 51.4 Å². The van der Waals surface area contributed by atoms with Crippen LogP contribution in [-0.2, 0) is 0 Å². The Balaban J connectivity index is 0.000000249. The van der Waals surface area contributed by atoms with Crippen LogP contribution in [-0.4, -0.2) is 23.4 Å². The number of nitrogens with zero attached hydrogens (tertiary/aromatic N) is 1. The molecule has 2 fully saturated rings. The van der Waals surface area contributed by atoms with Crippen LogP contribution in [0.2, 0.25) is 0 Å². The van der Waals surface area contributed by atoms with Crippen LogP contribution in [0.15, 0.2) is 0 Å². The summed E-state index contributed by atoms with van der Waals surface area (Å²) in [5.74, 6) is 0. The van der Waals surface area contributed by atoms with E-state index in [1.807, 2.05) is 0 Å². The summed E-state index contributed by atoms with van der Waals surface area (Å²) in [6.45, 7) is 2.71. The highest BCUT2D eigenvalue weighted by Gasteiger charge is 2.20. The number of hydrogen-bond acceptors (Lipinski definition) is 4. The first-order valence-corrected chi connectivity index (χ1v) is 7.41. The molecule has 0 spiro atoms. The zero-order valence-corrected chi connectivity index (χ0v) is 10.8. The molecule has 0 N–H and O–H groups in total.